The highest BCUT2D eigenvalue weighted by molar-refractivity contribution is 7.80. The van der Waals surface area contributed by atoms with Crippen molar-refractivity contribution >= 4 is 51.3 Å². The van der Waals surface area contributed by atoms with E-state index in [9.17, 15) is 4.79 Å². The topological polar surface area (TPSA) is 62.2 Å². The summed E-state index contributed by atoms with van der Waals surface area (Å²) in [5, 5.41) is 9.92. The van der Waals surface area contributed by atoms with Crippen LogP contribution in [0, 0.1) is 0 Å². The van der Waals surface area contributed by atoms with Gasteiger partial charge in [-0.15, -0.1) is 0 Å². The number of nitrogens with one attached hydrogen (secondary N) is 2. The quantitative estimate of drug-likeness (QED) is 0.221. The van der Waals surface area contributed by atoms with E-state index in [0.717, 1.165) is 33.5 Å². The Bertz CT molecular complexity index is 1650. The maximum Gasteiger partial charge on any atom is 0.226 e. The van der Waals surface area contributed by atoms with Crippen LogP contribution in [0.25, 0.3) is 16.5 Å². The van der Waals surface area contributed by atoms with Crippen LogP contribution in [-0.2, 0) is 4.79 Å². The Labute approximate surface area is 237 Å². The Kier molecular flexibility index (Phi) is 7.00. The molecule has 1 fully saturated rings. The van der Waals surface area contributed by atoms with Gasteiger partial charge in [-0.05, 0) is 66.1 Å². The summed E-state index contributed by atoms with van der Waals surface area (Å²) >= 11 is 12.1. The Morgan fingerprint density at radius 1 is 0.974 bits per heavy atom. The number of pyridine rings is 1. The van der Waals surface area contributed by atoms with Crippen molar-refractivity contribution in [1.82, 2.24) is 19.8 Å². The molecule has 2 N–H and O–H groups in total. The molecule has 5 aromatic rings. The first-order valence-electron chi connectivity index (χ1n) is 12.8. The van der Waals surface area contributed by atoms with Crippen LogP contribution >= 0.6 is 23.8 Å². The zero-order valence-corrected chi connectivity index (χ0v) is 22.6. The maximum absolute atomic E-state index is 13.2. The van der Waals surface area contributed by atoms with Gasteiger partial charge in [0.25, 0.3) is 0 Å². The minimum atomic E-state index is -0.188. The van der Waals surface area contributed by atoms with E-state index in [0.29, 0.717) is 16.7 Å². The van der Waals surface area contributed by atoms with E-state index in [1.165, 1.54) is 0 Å². The molecule has 1 aliphatic heterocycles. The minimum Gasteiger partial charge on any atom is -0.352 e. The third-order valence-corrected chi connectivity index (χ3v) is 7.60. The highest BCUT2D eigenvalue weighted by Crippen LogP contribution is 2.39. The van der Waals surface area contributed by atoms with E-state index in [4.69, 9.17) is 23.8 Å². The van der Waals surface area contributed by atoms with Gasteiger partial charge in [-0.3, -0.25) is 9.78 Å². The van der Waals surface area contributed by atoms with Gasteiger partial charge in [-0.25, -0.2) is 0 Å². The number of aromatic nitrogens is 2. The number of hydrogen-bond donors (Lipinski definition) is 2. The fraction of sp³-hybridized carbons (Fsp3) is 0.129. The molecule has 0 bridgehead atoms. The van der Waals surface area contributed by atoms with Gasteiger partial charge in [0, 0.05) is 52.8 Å². The number of benzene rings is 3. The van der Waals surface area contributed by atoms with E-state index < -0.39 is 0 Å². The Morgan fingerprint density at radius 2 is 1.79 bits per heavy atom. The second-order valence-electron chi connectivity index (χ2n) is 9.43. The van der Waals surface area contributed by atoms with Crippen molar-refractivity contribution in [2.75, 3.05) is 11.9 Å². The van der Waals surface area contributed by atoms with Crippen molar-refractivity contribution in [3.05, 3.63) is 126 Å². The summed E-state index contributed by atoms with van der Waals surface area (Å²) in [7, 11) is 0. The summed E-state index contributed by atoms with van der Waals surface area (Å²) in [4.78, 5) is 19.9. The number of anilines is 1. The molecule has 1 amide bonds. The second kappa shape index (κ2) is 10.9. The van der Waals surface area contributed by atoms with Crippen LogP contribution in [0.5, 0.6) is 0 Å². The standard InChI is InChI=1S/C31H26ClN5OS/c32-22-10-6-11-23(20-22)36-18-7-15-27(36)30-29(26-13-3-4-17-33-26)35-31(39)37(30)19-16-28(38)34-25-14-5-9-21-8-1-2-12-24(21)25/h1-15,17-18,20,29-30H,16,19H2,(H,34,38)(H,35,39)/t29-,30+/m1/s1. The lowest BCUT2D eigenvalue weighted by Gasteiger charge is -2.29. The molecule has 3 aromatic carbocycles. The zero-order valence-electron chi connectivity index (χ0n) is 21.0. The van der Waals surface area contributed by atoms with Gasteiger partial charge in [0.1, 0.15) is 0 Å². The van der Waals surface area contributed by atoms with E-state index in [2.05, 4.69) is 31.2 Å². The Morgan fingerprint density at radius 3 is 2.64 bits per heavy atom. The van der Waals surface area contributed by atoms with Crippen molar-refractivity contribution < 1.29 is 4.79 Å². The molecule has 2 atom stereocenters. The molecule has 0 saturated carbocycles. The smallest absolute Gasteiger partial charge is 0.226 e. The van der Waals surface area contributed by atoms with Crippen molar-refractivity contribution in [2.24, 2.45) is 0 Å². The van der Waals surface area contributed by atoms with Crippen LogP contribution in [-0.4, -0.2) is 32.0 Å². The first-order chi connectivity index (χ1) is 19.1. The first kappa shape index (κ1) is 25.1. The number of fused-ring (bicyclic) bond motifs is 1. The van der Waals surface area contributed by atoms with Crippen molar-refractivity contribution in [1.29, 1.82) is 0 Å². The summed E-state index contributed by atoms with van der Waals surface area (Å²) < 4.78 is 2.12. The number of thiocarbonyl (C=S) groups is 1. The van der Waals surface area contributed by atoms with Crippen molar-refractivity contribution in [3.63, 3.8) is 0 Å². The van der Waals surface area contributed by atoms with Crippen molar-refractivity contribution in [2.45, 2.75) is 18.5 Å². The molecule has 0 aliphatic carbocycles. The monoisotopic (exact) mass is 551 g/mol. The fourth-order valence-electron chi connectivity index (χ4n) is 5.23. The number of carbonyl (C=O) groups excluding carboxylic acids is 1. The molecule has 1 aliphatic rings. The average Bonchev–Trinajstić information content (AvgIpc) is 3.57. The number of hydrogen-bond acceptors (Lipinski definition) is 3. The van der Waals surface area contributed by atoms with E-state index in [-0.39, 0.29) is 24.4 Å². The molecule has 0 spiro atoms. The summed E-state index contributed by atoms with van der Waals surface area (Å²) in [6, 6.07) is 31.3. The predicted molar refractivity (Wildman–Crippen MR) is 160 cm³/mol. The highest BCUT2D eigenvalue weighted by Gasteiger charge is 2.41. The molecule has 2 aromatic heterocycles. The van der Waals surface area contributed by atoms with Gasteiger partial charge in [0.05, 0.1) is 17.8 Å². The van der Waals surface area contributed by atoms with Crippen LogP contribution in [0.1, 0.15) is 29.9 Å². The number of amides is 1. The van der Waals surface area contributed by atoms with Gasteiger partial charge >= 0.3 is 0 Å². The third-order valence-electron chi connectivity index (χ3n) is 7.01. The number of nitrogens with zero attached hydrogens (tertiary/aromatic N) is 3. The molecular formula is C31H26ClN5OS. The lowest BCUT2D eigenvalue weighted by Crippen LogP contribution is -2.33. The summed E-state index contributed by atoms with van der Waals surface area (Å²) in [5.41, 5.74) is 3.66. The van der Waals surface area contributed by atoms with Gasteiger partial charge in [0.15, 0.2) is 5.11 Å². The van der Waals surface area contributed by atoms with E-state index in [1.807, 2.05) is 97.2 Å². The predicted octanol–water partition coefficient (Wildman–Crippen LogP) is 6.68. The molecule has 3 heterocycles. The van der Waals surface area contributed by atoms with E-state index >= 15 is 0 Å². The van der Waals surface area contributed by atoms with Crippen LogP contribution in [0.15, 0.2) is 109 Å². The molecular weight excluding hydrogens is 526 g/mol. The maximum atomic E-state index is 13.2. The van der Waals surface area contributed by atoms with E-state index in [1.54, 1.807) is 6.20 Å². The summed E-state index contributed by atoms with van der Waals surface area (Å²) in [6.07, 6.45) is 4.07. The molecule has 6 nitrogen and oxygen atoms in total. The normalized spacial score (nSPS) is 16.8. The number of rotatable bonds is 7. The molecule has 0 radical (unpaired) electrons. The molecule has 194 valence electrons. The third kappa shape index (κ3) is 5.11. The highest BCUT2D eigenvalue weighted by atomic mass is 35.5. The summed E-state index contributed by atoms with van der Waals surface area (Å²) in [5.74, 6) is -0.0700. The van der Waals surface area contributed by atoms with Crippen LogP contribution in [0.4, 0.5) is 5.69 Å². The Hall–Kier alpha value is -4.20. The van der Waals surface area contributed by atoms with Crippen LogP contribution < -0.4 is 10.6 Å². The SMILES string of the molecule is O=C(CCN1C(=S)N[C@H](c2ccccn2)[C@@H]1c1cccn1-c1cccc(Cl)c1)Nc1cccc2ccccc12. The van der Waals surface area contributed by atoms with Gasteiger partial charge in [-0.1, -0.05) is 60.1 Å². The lowest BCUT2D eigenvalue weighted by atomic mass is 10.0. The fourth-order valence-corrected chi connectivity index (χ4v) is 5.75. The zero-order chi connectivity index (χ0) is 26.8. The van der Waals surface area contributed by atoms with Gasteiger partial charge < -0.3 is 20.1 Å². The van der Waals surface area contributed by atoms with Crippen molar-refractivity contribution in [3.8, 4) is 5.69 Å². The van der Waals surface area contributed by atoms with Crippen LogP contribution in [0.2, 0.25) is 5.02 Å². The first-order valence-corrected chi connectivity index (χ1v) is 13.6. The lowest BCUT2D eigenvalue weighted by molar-refractivity contribution is -0.116. The molecule has 6 rings (SSSR count). The molecule has 1 saturated heterocycles. The largest absolute Gasteiger partial charge is 0.352 e. The second-order valence-corrected chi connectivity index (χ2v) is 10.3. The molecule has 0 unspecified atom stereocenters. The average molecular weight is 552 g/mol. The van der Waals surface area contributed by atoms with Gasteiger partial charge in [0.2, 0.25) is 5.91 Å². The number of halogens is 1. The van der Waals surface area contributed by atoms with Gasteiger partial charge in [-0.2, -0.15) is 0 Å². The number of carbonyl (C=O) groups is 1. The minimum absolute atomic E-state index is 0.0700. The molecule has 8 heteroatoms. The Balaban J connectivity index is 1.29. The molecule has 39 heavy (non-hydrogen) atoms. The summed E-state index contributed by atoms with van der Waals surface area (Å²) in [6.45, 7) is 0.442. The van der Waals surface area contributed by atoms with Crippen LogP contribution in [0.3, 0.4) is 0 Å².